The Hall–Kier alpha value is -3.81. The van der Waals surface area contributed by atoms with Crippen molar-refractivity contribution in [1.82, 2.24) is 9.78 Å². The van der Waals surface area contributed by atoms with E-state index in [1.807, 2.05) is 44.2 Å². The molecule has 8 nitrogen and oxygen atoms in total. The van der Waals surface area contributed by atoms with E-state index in [2.05, 4.69) is 10.4 Å². The predicted octanol–water partition coefficient (Wildman–Crippen LogP) is 4.70. The number of aromatic nitrogens is 2. The molecule has 0 unspecified atom stereocenters. The summed E-state index contributed by atoms with van der Waals surface area (Å²) in [5.74, 6) is 0.553. The largest absolute Gasteiger partial charge is 0.494 e. The van der Waals surface area contributed by atoms with E-state index in [1.165, 1.54) is 0 Å². The number of carbonyl (C=O) groups excluding carboxylic acids is 2. The average molecular weight is 452 g/mol. The van der Waals surface area contributed by atoms with Gasteiger partial charge in [-0.15, -0.1) is 0 Å². The molecule has 0 fully saturated rings. The predicted molar refractivity (Wildman–Crippen MR) is 125 cm³/mol. The first-order valence-corrected chi connectivity index (χ1v) is 10.9. The number of benzene rings is 2. The third-order valence-corrected chi connectivity index (χ3v) is 4.60. The Bertz CT molecular complexity index is 1090. The van der Waals surface area contributed by atoms with Crippen LogP contribution in [0.25, 0.3) is 0 Å². The lowest BCUT2D eigenvalue weighted by Gasteiger charge is -2.10. The molecule has 1 heterocycles. The first-order chi connectivity index (χ1) is 15.9. The van der Waals surface area contributed by atoms with Crippen molar-refractivity contribution in [2.45, 2.75) is 47.0 Å². The van der Waals surface area contributed by atoms with Crippen molar-refractivity contribution < 1.29 is 23.8 Å². The highest BCUT2D eigenvalue weighted by atomic mass is 16.5. The van der Waals surface area contributed by atoms with Crippen molar-refractivity contribution in [3.63, 3.8) is 0 Å². The maximum atomic E-state index is 12.9. The number of nitrogens with one attached hydrogen (secondary N) is 1. The summed E-state index contributed by atoms with van der Waals surface area (Å²) in [6, 6.07) is 14.5. The van der Waals surface area contributed by atoms with Crippen LogP contribution in [0.3, 0.4) is 0 Å². The Morgan fingerprint density at radius 2 is 1.73 bits per heavy atom. The van der Waals surface area contributed by atoms with E-state index in [0.717, 1.165) is 11.3 Å². The molecule has 0 radical (unpaired) electrons. The molecule has 1 amide bonds. The number of hydrogen-bond acceptors (Lipinski definition) is 6. The Balaban J connectivity index is 1.68. The summed E-state index contributed by atoms with van der Waals surface area (Å²) in [5.41, 5.74) is 1.66. The van der Waals surface area contributed by atoms with Crippen LogP contribution in [0.15, 0.2) is 54.7 Å². The number of carbonyl (C=O) groups is 2. The topological polar surface area (TPSA) is 91.7 Å². The SMILES string of the molecule is CCOc1ccc(OCc2cccc(C(=O)Nc3cn(CC)nc3C(=O)OC(C)C)c2)cc1. The summed E-state index contributed by atoms with van der Waals surface area (Å²) >= 11 is 0. The van der Waals surface area contributed by atoms with E-state index >= 15 is 0 Å². The van der Waals surface area contributed by atoms with Crippen LogP contribution < -0.4 is 14.8 Å². The van der Waals surface area contributed by atoms with Gasteiger partial charge in [0.25, 0.3) is 5.91 Å². The van der Waals surface area contributed by atoms with Gasteiger partial charge >= 0.3 is 5.97 Å². The number of rotatable bonds is 10. The van der Waals surface area contributed by atoms with Crippen LogP contribution in [0.1, 0.15) is 54.1 Å². The van der Waals surface area contributed by atoms with Gasteiger partial charge in [-0.05, 0) is 69.7 Å². The van der Waals surface area contributed by atoms with Gasteiger partial charge in [0.05, 0.1) is 18.4 Å². The summed E-state index contributed by atoms with van der Waals surface area (Å²) in [4.78, 5) is 25.3. The van der Waals surface area contributed by atoms with Gasteiger partial charge in [0.1, 0.15) is 18.1 Å². The molecule has 0 aliphatic carbocycles. The second-order valence-electron chi connectivity index (χ2n) is 7.55. The minimum Gasteiger partial charge on any atom is -0.494 e. The number of amides is 1. The molecule has 33 heavy (non-hydrogen) atoms. The highest BCUT2D eigenvalue weighted by Crippen LogP contribution is 2.20. The van der Waals surface area contributed by atoms with Crippen LogP contribution in [-0.2, 0) is 17.9 Å². The van der Waals surface area contributed by atoms with E-state index < -0.39 is 5.97 Å². The van der Waals surface area contributed by atoms with E-state index in [0.29, 0.717) is 36.8 Å². The second-order valence-corrected chi connectivity index (χ2v) is 7.55. The zero-order valence-electron chi connectivity index (χ0n) is 19.3. The number of hydrogen-bond donors (Lipinski definition) is 1. The second kappa shape index (κ2) is 11.2. The first-order valence-electron chi connectivity index (χ1n) is 10.9. The number of anilines is 1. The lowest BCUT2D eigenvalue weighted by atomic mass is 10.1. The zero-order valence-corrected chi connectivity index (χ0v) is 19.3. The van der Waals surface area contributed by atoms with Crippen molar-refractivity contribution in [3.8, 4) is 11.5 Å². The fourth-order valence-electron chi connectivity index (χ4n) is 3.06. The summed E-state index contributed by atoms with van der Waals surface area (Å²) in [6.07, 6.45) is 1.33. The lowest BCUT2D eigenvalue weighted by molar-refractivity contribution is 0.0371. The monoisotopic (exact) mass is 451 g/mol. The van der Waals surface area contributed by atoms with Crippen LogP contribution >= 0.6 is 0 Å². The molecule has 0 atom stereocenters. The molecule has 3 aromatic rings. The maximum Gasteiger partial charge on any atom is 0.361 e. The Morgan fingerprint density at radius 1 is 1.03 bits per heavy atom. The summed E-state index contributed by atoms with van der Waals surface area (Å²) < 4.78 is 18.1. The minimum absolute atomic E-state index is 0.0777. The third kappa shape index (κ3) is 6.58. The smallest absolute Gasteiger partial charge is 0.361 e. The Labute approximate surface area is 193 Å². The standard InChI is InChI=1S/C25H29N3O5/c1-5-28-15-22(23(27-28)25(30)33-17(3)4)26-24(29)19-9-7-8-18(14-19)16-32-21-12-10-20(11-13-21)31-6-2/h7-15,17H,5-6,16H2,1-4H3,(H,26,29). The molecule has 0 saturated carbocycles. The van der Waals surface area contributed by atoms with Crippen LogP contribution in [0.5, 0.6) is 11.5 Å². The van der Waals surface area contributed by atoms with E-state index in [9.17, 15) is 9.59 Å². The molecular formula is C25H29N3O5. The first kappa shape index (κ1) is 23.8. The van der Waals surface area contributed by atoms with Crippen molar-refractivity contribution in [1.29, 1.82) is 0 Å². The highest BCUT2D eigenvalue weighted by Gasteiger charge is 2.21. The fourth-order valence-corrected chi connectivity index (χ4v) is 3.06. The Kier molecular flexibility index (Phi) is 8.07. The lowest BCUT2D eigenvalue weighted by Crippen LogP contribution is -2.17. The highest BCUT2D eigenvalue weighted by molar-refractivity contribution is 6.07. The van der Waals surface area contributed by atoms with Gasteiger partial charge in [-0.3, -0.25) is 9.48 Å². The van der Waals surface area contributed by atoms with Gasteiger partial charge in [0.15, 0.2) is 5.69 Å². The molecule has 174 valence electrons. The molecule has 0 bridgehead atoms. The summed E-state index contributed by atoms with van der Waals surface area (Å²) in [7, 11) is 0. The van der Waals surface area contributed by atoms with Gasteiger partial charge < -0.3 is 19.5 Å². The van der Waals surface area contributed by atoms with E-state index in [1.54, 1.807) is 42.9 Å². The van der Waals surface area contributed by atoms with E-state index in [-0.39, 0.29) is 17.7 Å². The van der Waals surface area contributed by atoms with Gasteiger partial charge in [-0.1, -0.05) is 12.1 Å². The quantitative estimate of drug-likeness (QED) is 0.449. The molecule has 0 aliphatic heterocycles. The van der Waals surface area contributed by atoms with Crippen LogP contribution in [-0.4, -0.2) is 34.4 Å². The molecule has 0 spiro atoms. The molecule has 1 aromatic heterocycles. The van der Waals surface area contributed by atoms with Gasteiger partial charge in [0.2, 0.25) is 0 Å². The fraction of sp³-hybridized carbons (Fsp3) is 0.320. The van der Waals surface area contributed by atoms with Crippen molar-refractivity contribution >= 4 is 17.6 Å². The van der Waals surface area contributed by atoms with Crippen LogP contribution in [0, 0.1) is 0 Å². The molecule has 1 N–H and O–H groups in total. The zero-order chi connectivity index (χ0) is 23.8. The van der Waals surface area contributed by atoms with Crippen LogP contribution in [0.4, 0.5) is 5.69 Å². The van der Waals surface area contributed by atoms with Crippen molar-refractivity contribution in [2.24, 2.45) is 0 Å². The summed E-state index contributed by atoms with van der Waals surface area (Å²) in [5, 5.41) is 7.00. The van der Waals surface area contributed by atoms with Gasteiger partial charge in [-0.25, -0.2) is 4.79 Å². The molecule has 3 rings (SSSR count). The molecular weight excluding hydrogens is 422 g/mol. The molecule has 0 saturated heterocycles. The molecule has 8 heteroatoms. The normalized spacial score (nSPS) is 10.7. The van der Waals surface area contributed by atoms with Gasteiger partial charge in [-0.2, -0.15) is 5.10 Å². The van der Waals surface area contributed by atoms with Crippen molar-refractivity contribution in [2.75, 3.05) is 11.9 Å². The number of nitrogens with zero attached hydrogens (tertiary/aromatic N) is 2. The summed E-state index contributed by atoms with van der Waals surface area (Å²) in [6.45, 7) is 8.80. The number of esters is 1. The molecule has 0 aliphatic rings. The van der Waals surface area contributed by atoms with Crippen LogP contribution in [0.2, 0.25) is 0 Å². The minimum atomic E-state index is -0.579. The average Bonchev–Trinajstić information content (AvgIpc) is 3.21. The number of ether oxygens (including phenoxy) is 3. The maximum absolute atomic E-state index is 12.9. The molecule has 2 aromatic carbocycles. The third-order valence-electron chi connectivity index (χ3n) is 4.60. The number of aryl methyl sites for hydroxylation is 1. The van der Waals surface area contributed by atoms with E-state index in [4.69, 9.17) is 14.2 Å². The Morgan fingerprint density at radius 3 is 2.36 bits per heavy atom. The van der Waals surface area contributed by atoms with Gasteiger partial charge in [0, 0.05) is 18.3 Å². The van der Waals surface area contributed by atoms with Crippen molar-refractivity contribution in [3.05, 3.63) is 71.5 Å².